The van der Waals surface area contributed by atoms with Gasteiger partial charge in [-0.3, -0.25) is 0 Å². The van der Waals surface area contributed by atoms with E-state index in [1.165, 1.54) is 41.8 Å². The molecule has 2 aliphatic rings. The molecule has 3 rings (SSSR count). The third-order valence-corrected chi connectivity index (χ3v) is 7.65. The summed E-state index contributed by atoms with van der Waals surface area (Å²) in [6, 6.07) is 5.57. The third kappa shape index (κ3) is 4.35. The topological polar surface area (TPSA) is 52.6 Å². The average molecular weight is 400 g/mol. The van der Waals surface area contributed by atoms with Crippen molar-refractivity contribution in [2.24, 2.45) is 5.92 Å². The highest BCUT2D eigenvalue weighted by Crippen LogP contribution is 2.24. The van der Waals surface area contributed by atoms with E-state index in [9.17, 15) is 12.8 Å². The second kappa shape index (κ2) is 8.19. The molecule has 0 unspecified atom stereocenters. The van der Waals surface area contributed by atoms with Gasteiger partial charge in [0.2, 0.25) is 10.0 Å². The van der Waals surface area contributed by atoms with Crippen molar-refractivity contribution in [3.8, 4) is 0 Å². The Bertz CT molecular complexity index is 749. The summed E-state index contributed by atoms with van der Waals surface area (Å²) in [5, 5.41) is 4.19. The molecule has 1 aromatic rings. The quantitative estimate of drug-likeness (QED) is 0.792. The van der Waals surface area contributed by atoms with Gasteiger partial charge in [0.1, 0.15) is 5.82 Å². The summed E-state index contributed by atoms with van der Waals surface area (Å²) in [5.41, 5.74) is 0. The predicted molar refractivity (Wildman–Crippen MR) is 104 cm³/mol. The molecule has 0 bridgehead atoms. The molecule has 8 heteroatoms. The molecule has 0 amide bonds. The van der Waals surface area contributed by atoms with Crippen molar-refractivity contribution in [3.63, 3.8) is 0 Å². The lowest BCUT2D eigenvalue weighted by atomic mass is 9.86. The molecular formula is C18H26FN3O2S2. The van der Waals surface area contributed by atoms with Crippen LogP contribution in [0, 0.1) is 11.7 Å². The lowest BCUT2D eigenvalue weighted by Crippen LogP contribution is -2.55. The van der Waals surface area contributed by atoms with Crippen molar-refractivity contribution >= 4 is 27.4 Å². The fourth-order valence-electron chi connectivity index (χ4n) is 3.69. The molecule has 1 aliphatic heterocycles. The SMILES string of the molecule is C[C@@H]1CCCC[C@@H]1NC(=S)N1CCN(S(=O)(=O)c2cccc(F)c2)CC1. The summed E-state index contributed by atoms with van der Waals surface area (Å²) in [7, 11) is -3.67. The number of rotatable bonds is 3. The van der Waals surface area contributed by atoms with E-state index in [1.807, 2.05) is 4.90 Å². The zero-order valence-electron chi connectivity index (χ0n) is 15.0. The molecule has 1 saturated carbocycles. The summed E-state index contributed by atoms with van der Waals surface area (Å²) >= 11 is 5.55. The van der Waals surface area contributed by atoms with Gasteiger partial charge in [0, 0.05) is 32.2 Å². The zero-order valence-corrected chi connectivity index (χ0v) is 16.7. The molecule has 1 saturated heterocycles. The first kappa shape index (κ1) is 19.5. The van der Waals surface area contributed by atoms with Crippen molar-refractivity contribution < 1.29 is 12.8 Å². The number of hydrogen-bond donors (Lipinski definition) is 1. The summed E-state index contributed by atoms with van der Waals surface area (Å²) in [6.07, 6.45) is 4.86. The van der Waals surface area contributed by atoms with Crippen LogP contribution in [0.25, 0.3) is 0 Å². The van der Waals surface area contributed by atoms with E-state index in [2.05, 4.69) is 12.2 Å². The van der Waals surface area contributed by atoms with Crippen molar-refractivity contribution in [2.45, 2.75) is 43.5 Å². The molecule has 1 aromatic carbocycles. The Labute approximate surface area is 160 Å². The van der Waals surface area contributed by atoms with Gasteiger partial charge in [0.15, 0.2) is 5.11 Å². The van der Waals surface area contributed by atoms with E-state index in [-0.39, 0.29) is 4.90 Å². The first-order valence-corrected chi connectivity index (χ1v) is 11.0. The highest BCUT2D eigenvalue weighted by Gasteiger charge is 2.30. The minimum absolute atomic E-state index is 0.00248. The Morgan fingerprint density at radius 1 is 1.19 bits per heavy atom. The molecule has 2 fully saturated rings. The lowest BCUT2D eigenvalue weighted by Gasteiger charge is -2.38. The molecule has 0 spiro atoms. The Morgan fingerprint density at radius 3 is 2.54 bits per heavy atom. The van der Waals surface area contributed by atoms with E-state index >= 15 is 0 Å². The van der Waals surface area contributed by atoms with Crippen LogP contribution in [0.15, 0.2) is 29.2 Å². The van der Waals surface area contributed by atoms with Gasteiger partial charge in [-0.2, -0.15) is 4.31 Å². The summed E-state index contributed by atoms with van der Waals surface area (Å²) in [4.78, 5) is 2.04. The van der Waals surface area contributed by atoms with Gasteiger partial charge in [-0.05, 0) is 49.2 Å². The van der Waals surface area contributed by atoms with Crippen LogP contribution < -0.4 is 5.32 Å². The minimum Gasteiger partial charge on any atom is -0.360 e. The zero-order chi connectivity index (χ0) is 18.7. The molecule has 1 N–H and O–H groups in total. The van der Waals surface area contributed by atoms with Gasteiger partial charge in [-0.15, -0.1) is 0 Å². The van der Waals surface area contributed by atoms with Crippen LogP contribution in [-0.2, 0) is 10.0 Å². The number of benzene rings is 1. The van der Waals surface area contributed by atoms with Gasteiger partial charge in [0.25, 0.3) is 0 Å². The van der Waals surface area contributed by atoms with Crippen LogP contribution in [0.4, 0.5) is 4.39 Å². The summed E-state index contributed by atoms with van der Waals surface area (Å²) < 4.78 is 40.1. The molecule has 2 atom stereocenters. The van der Waals surface area contributed by atoms with Crippen LogP contribution in [0.1, 0.15) is 32.6 Å². The molecule has 26 heavy (non-hydrogen) atoms. The number of sulfonamides is 1. The van der Waals surface area contributed by atoms with Gasteiger partial charge in [-0.1, -0.05) is 25.8 Å². The van der Waals surface area contributed by atoms with Crippen molar-refractivity contribution in [2.75, 3.05) is 26.2 Å². The second-order valence-electron chi connectivity index (χ2n) is 7.17. The molecule has 144 valence electrons. The van der Waals surface area contributed by atoms with Crippen molar-refractivity contribution in [1.82, 2.24) is 14.5 Å². The maximum atomic E-state index is 13.4. The normalized spacial score (nSPS) is 25.1. The first-order chi connectivity index (χ1) is 12.4. The minimum atomic E-state index is -3.67. The van der Waals surface area contributed by atoms with Gasteiger partial charge >= 0.3 is 0 Å². The Hall–Kier alpha value is -1.25. The van der Waals surface area contributed by atoms with Crippen LogP contribution in [0.3, 0.4) is 0 Å². The van der Waals surface area contributed by atoms with E-state index in [1.54, 1.807) is 0 Å². The van der Waals surface area contributed by atoms with E-state index in [4.69, 9.17) is 12.2 Å². The lowest BCUT2D eigenvalue weighted by molar-refractivity contribution is 0.251. The molecule has 1 aliphatic carbocycles. The Kier molecular flexibility index (Phi) is 6.14. The van der Waals surface area contributed by atoms with E-state index < -0.39 is 15.8 Å². The van der Waals surface area contributed by atoms with Crippen LogP contribution >= 0.6 is 12.2 Å². The average Bonchev–Trinajstić information content (AvgIpc) is 2.63. The number of nitrogens with zero attached hydrogens (tertiary/aromatic N) is 2. The van der Waals surface area contributed by atoms with Crippen LogP contribution in [0.5, 0.6) is 0 Å². The maximum absolute atomic E-state index is 13.4. The predicted octanol–water partition coefficient (Wildman–Crippen LogP) is 2.59. The van der Waals surface area contributed by atoms with Gasteiger partial charge in [-0.25, -0.2) is 12.8 Å². The molecule has 0 aromatic heterocycles. The molecule has 0 radical (unpaired) electrons. The fraction of sp³-hybridized carbons (Fsp3) is 0.611. The number of halogens is 1. The van der Waals surface area contributed by atoms with E-state index in [0.717, 1.165) is 12.5 Å². The summed E-state index contributed by atoms with van der Waals surface area (Å²) in [5.74, 6) is 0.0630. The smallest absolute Gasteiger partial charge is 0.243 e. The second-order valence-corrected chi connectivity index (χ2v) is 9.49. The van der Waals surface area contributed by atoms with Crippen molar-refractivity contribution in [1.29, 1.82) is 0 Å². The third-order valence-electron chi connectivity index (χ3n) is 5.38. The Balaban J connectivity index is 1.57. The van der Waals surface area contributed by atoms with Gasteiger partial charge < -0.3 is 10.2 Å². The molecule has 1 heterocycles. The van der Waals surface area contributed by atoms with Crippen LogP contribution in [0.2, 0.25) is 0 Å². The molecular weight excluding hydrogens is 373 g/mol. The highest BCUT2D eigenvalue weighted by molar-refractivity contribution is 7.89. The standard InChI is InChI=1S/C18H26FN3O2S2/c1-14-5-2-3-8-17(14)20-18(25)21-9-11-22(12-10-21)26(23,24)16-7-4-6-15(19)13-16/h4,6-7,13-14,17H,2-3,5,8-12H2,1H3,(H,20,25)/t14-,17+/m1/s1. The van der Waals surface area contributed by atoms with Crippen LogP contribution in [-0.4, -0.2) is 55.0 Å². The maximum Gasteiger partial charge on any atom is 0.243 e. The number of hydrogen-bond acceptors (Lipinski definition) is 3. The van der Waals surface area contributed by atoms with E-state index in [0.29, 0.717) is 43.3 Å². The largest absolute Gasteiger partial charge is 0.360 e. The highest BCUT2D eigenvalue weighted by atomic mass is 32.2. The number of nitrogens with one attached hydrogen (secondary N) is 1. The van der Waals surface area contributed by atoms with Crippen molar-refractivity contribution in [3.05, 3.63) is 30.1 Å². The van der Waals surface area contributed by atoms with Gasteiger partial charge in [0.05, 0.1) is 4.90 Å². The Morgan fingerprint density at radius 2 is 1.88 bits per heavy atom. The fourth-order valence-corrected chi connectivity index (χ4v) is 5.48. The monoisotopic (exact) mass is 399 g/mol. The molecule has 5 nitrogen and oxygen atoms in total. The number of piperazine rings is 1. The number of thiocarbonyl (C=S) groups is 1. The summed E-state index contributed by atoms with van der Waals surface area (Å²) in [6.45, 7) is 4.04. The first-order valence-electron chi connectivity index (χ1n) is 9.19.